The fourth-order valence-corrected chi connectivity index (χ4v) is 2.76. The number of hydrogen-bond acceptors (Lipinski definition) is 6. The Kier molecular flexibility index (Phi) is 7.77. The molecular weight excluding hydrogens is 427 g/mol. The van der Waals surface area contributed by atoms with Gasteiger partial charge >= 0.3 is 6.18 Å². The third-order valence-corrected chi connectivity index (χ3v) is 4.39. The molecule has 1 unspecified atom stereocenters. The topological polar surface area (TPSA) is 102 Å². The van der Waals surface area contributed by atoms with Gasteiger partial charge in [0, 0.05) is 18.5 Å². The zero-order valence-electron chi connectivity index (χ0n) is 17.0. The molecule has 0 aliphatic rings. The average Bonchev–Trinajstić information content (AvgIpc) is 3.25. The van der Waals surface area contributed by atoms with Gasteiger partial charge in [-0.15, -0.1) is 10.2 Å². The van der Waals surface area contributed by atoms with Gasteiger partial charge in [-0.25, -0.2) is 0 Å². The van der Waals surface area contributed by atoms with E-state index in [2.05, 4.69) is 20.7 Å². The molecule has 3 aromatic rings. The smallest absolute Gasteiger partial charge is 0.416 e. The number of carbonyl (C=O) groups is 1. The van der Waals surface area contributed by atoms with Crippen molar-refractivity contribution in [3.05, 3.63) is 60.2 Å². The Hall–Kier alpha value is -3.47. The number of nitrogens with zero attached hydrogens (tertiary/aromatic N) is 4. The quantitative estimate of drug-likeness (QED) is 0.494. The molecule has 0 saturated heterocycles. The molecule has 2 aromatic carbocycles. The summed E-state index contributed by atoms with van der Waals surface area (Å²) in [5, 5.41) is 24.7. The first kappa shape index (κ1) is 23.2. The van der Waals surface area contributed by atoms with Crippen LogP contribution in [-0.2, 0) is 17.5 Å². The van der Waals surface area contributed by atoms with Crippen molar-refractivity contribution in [2.24, 2.45) is 0 Å². The van der Waals surface area contributed by atoms with Gasteiger partial charge in [0.15, 0.2) is 0 Å². The number of hydrogen-bond donors (Lipinski definition) is 2. The summed E-state index contributed by atoms with van der Waals surface area (Å²) in [6.45, 7) is 0.0543. The SMILES string of the molecule is O=C(CCCn1nnc(-c2ccccc2)n1)NCC(O)COc1cccc(C(F)(F)F)c1. The predicted octanol–water partition coefficient (Wildman–Crippen LogP) is 2.70. The van der Waals surface area contributed by atoms with Crippen LogP contribution in [0.4, 0.5) is 13.2 Å². The number of alkyl halides is 3. The van der Waals surface area contributed by atoms with E-state index in [-0.39, 0.29) is 31.2 Å². The van der Waals surface area contributed by atoms with Crippen molar-refractivity contribution in [1.82, 2.24) is 25.5 Å². The monoisotopic (exact) mass is 449 g/mol. The average molecular weight is 449 g/mol. The number of aliphatic hydroxyl groups is 1. The fourth-order valence-electron chi connectivity index (χ4n) is 2.76. The molecule has 32 heavy (non-hydrogen) atoms. The van der Waals surface area contributed by atoms with Crippen LogP contribution < -0.4 is 10.1 Å². The minimum absolute atomic E-state index is 0.0135. The lowest BCUT2D eigenvalue weighted by Gasteiger charge is -2.14. The summed E-state index contributed by atoms with van der Waals surface area (Å²) in [4.78, 5) is 13.4. The Morgan fingerprint density at radius 2 is 1.94 bits per heavy atom. The minimum atomic E-state index is -4.48. The van der Waals surface area contributed by atoms with Crippen LogP contribution >= 0.6 is 0 Å². The summed E-state index contributed by atoms with van der Waals surface area (Å²) in [5.41, 5.74) is 0.00776. The van der Waals surface area contributed by atoms with Crippen molar-refractivity contribution in [3.8, 4) is 17.1 Å². The number of aryl methyl sites for hydroxylation is 1. The first-order valence-corrected chi connectivity index (χ1v) is 9.89. The molecule has 1 heterocycles. The van der Waals surface area contributed by atoms with Crippen LogP contribution in [0.5, 0.6) is 5.75 Å². The molecule has 1 atom stereocenters. The van der Waals surface area contributed by atoms with Gasteiger partial charge in [0.05, 0.1) is 12.1 Å². The maximum absolute atomic E-state index is 12.7. The number of benzene rings is 2. The number of amides is 1. The number of aliphatic hydroxyl groups excluding tert-OH is 1. The Balaban J connectivity index is 1.34. The fraction of sp³-hybridized carbons (Fsp3) is 0.333. The summed E-state index contributed by atoms with van der Waals surface area (Å²) >= 11 is 0. The van der Waals surface area contributed by atoms with Crippen molar-refractivity contribution in [2.45, 2.75) is 31.7 Å². The third kappa shape index (κ3) is 7.05. The van der Waals surface area contributed by atoms with E-state index in [1.165, 1.54) is 16.9 Å². The number of tetrazole rings is 1. The lowest BCUT2D eigenvalue weighted by atomic mass is 10.2. The maximum Gasteiger partial charge on any atom is 0.416 e. The van der Waals surface area contributed by atoms with Gasteiger partial charge in [-0.1, -0.05) is 36.4 Å². The standard InChI is InChI=1S/C21H22F3N5O3/c22-21(23,24)16-8-4-9-18(12-16)32-14-17(30)13-25-19(31)10-5-11-29-27-20(26-28-29)15-6-2-1-3-7-15/h1-4,6-9,12,17,30H,5,10-11,13-14H2,(H,25,31). The zero-order valence-corrected chi connectivity index (χ0v) is 17.0. The summed E-state index contributed by atoms with van der Waals surface area (Å²) < 4.78 is 43.3. The van der Waals surface area contributed by atoms with Crippen LogP contribution in [0.15, 0.2) is 54.6 Å². The van der Waals surface area contributed by atoms with Gasteiger partial charge in [-0.3, -0.25) is 4.79 Å². The molecule has 0 radical (unpaired) electrons. The highest BCUT2D eigenvalue weighted by atomic mass is 19.4. The van der Waals surface area contributed by atoms with Crippen molar-refractivity contribution >= 4 is 5.91 Å². The molecule has 3 rings (SSSR count). The van der Waals surface area contributed by atoms with Crippen LogP contribution in [0, 0.1) is 0 Å². The maximum atomic E-state index is 12.7. The molecule has 8 nitrogen and oxygen atoms in total. The van der Waals surface area contributed by atoms with Gasteiger partial charge in [0.25, 0.3) is 0 Å². The van der Waals surface area contributed by atoms with Crippen LogP contribution in [0.25, 0.3) is 11.4 Å². The van der Waals surface area contributed by atoms with Gasteiger partial charge in [-0.05, 0) is 29.8 Å². The highest BCUT2D eigenvalue weighted by molar-refractivity contribution is 5.75. The van der Waals surface area contributed by atoms with Crippen LogP contribution in [0.2, 0.25) is 0 Å². The number of aromatic nitrogens is 4. The molecule has 0 bridgehead atoms. The molecule has 11 heteroatoms. The van der Waals surface area contributed by atoms with Crippen LogP contribution in [0.1, 0.15) is 18.4 Å². The number of ether oxygens (including phenoxy) is 1. The van der Waals surface area contributed by atoms with Crippen LogP contribution in [0.3, 0.4) is 0 Å². The Labute approximate surface area is 182 Å². The number of halogens is 3. The van der Waals surface area contributed by atoms with Gasteiger partial charge < -0.3 is 15.2 Å². The highest BCUT2D eigenvalue weighted by Crippen LogP contribution is 2.31. The number of nitrogens with one attached hydrogen (secondary N) is 1. The highest BCUT2D eigenvalue weighted by Gasteiger charge is 2.30. The lowest BCUT2D eigenvalue weighted by Crippen LogP contribution is -2.35. The van der Waals surface area contributed by atoms with E-state index >= 15 is 0 Å². The molecule has 1 aromatic heterocycles. The summed E-state index contributed by atoms with van der Waals surface area (Å²) in [5.74, 6) is 0.200. The zero-order chi connectivity index (χ0) is 23.0. The van der Waals surface area contributed by atoms with Crippen molar-refractivity contribution in [3.63, 3.8) is 0 Å². The molecular formula is C21H22F3N5O3. The van der Waals surface area contributed by atoms with Crippen molar-refractivity contribution in [1.29, 1.82) is 0 Å². The second kappa shape index (κ2) is 10.7. The first-order valence-electron chi connectivity index (χ1n) is 9.89. The molecule has 0 aliphatic carbocycles. The second-order valence-electron chi connectivity index (χ2n) is 6.97. The summed E-state index contributed by atoms with van der Waals surface area (Å²) in [6.07, 6.45) is -4.90. The molecule has 0 fully saturated rings. The van der Waals surface area contributed by atoms with Gasteiger partial charge in [0.1, 0.15) is 18.5 Å². The Bertz CT molecular complexity index is 1010. The molecule has 2 N–H and O–H groups in total. The van der Waals surface area contributed by atoms with Crippen molar-refractivity contribution < 1.29 is 27.8 Å². The van der Waals surface area contributed by atoms with E-state index in [4.69, 9.17) is 4.74 Å². The Morgan fingerprint density at radius 3 is 2.69 bits per heavy atom. The Morgan fingerprint density at radius 1 is 1.16 bits per heavy atom. The first-order chi connectivity index (χ1) is 15.3. The van der Waals surface area contributed by atoms with Gasteiger partial charge in [0.2, 0.25) is 11.7 Å². The molecule has 0 spiro atoms. The predicted molar refractivity (Wildman–Crippen MR) is 108 cm³/mol. The minimum Gasteiger partial charge on any atom is -0.491 e. The largest absolute Gasteiger partial charge is 0.491 e. The van der Waals surface area contributed by atoms with E-state index in [0.29, 0.717) is 18.8 Å². The number of rotatable bonds is 10. The molecule has 1 amide bonds. The normalized spacial score (nSPS) is 12.4. The van der Waals surface area contributed by atoms with E-state index in [0.717, 1.165) is 17.7 Å². The van der Waals surface area contributed by atoms with Gasteiger partial charge in [-0.2, -0.15) is 18.0 Å². The number of carbonyl (C=O) groups excluding carboxylic acids is 1. The van der Waals surface area contributed by atoms with E-state index in [1.54, 1.807) is 0 Å². The molecule has 0 aliphatic heterocycles. The lowest BCUT2D eigenvalue weighted by molar-refractivity contribution is -0.137. The summed E-state index contributed by atoms with van der Waals surface area (Å²) in [7, 11) is 0. The van der Waals surface area contributed by atoms with E-state index in [9.17, 15) is 23.1 Å². The van der Waals surface area contributed by atoms with E-state index in [1.807, 2.05) is 30.3 Å². The van der Waals surface area contributed by atoms with Crippen LogP contribution in [-0.4, -0.2) is 50.5 Å². The molecule has 0 saturated carbocycles. The van der Waals surface area contributed by atoms with Crippen molar-refractivity contribution in [2.75, 3.05) is 13.2 Å². The van der Waals surface area contributed by atoms with E-state index < -0.39 is 17.8 Å². The summed E-state index contributed by atoms with van der Waals surface area (Å²) in [6, 6.07) is 13.8. The second-order valence-corrected chi connectivity index (χ2v) is 6.97. The molecule has 170 valence electrons. The third-order valence-electron chi connectivity index (χ3n) is 4.39.